The quantitative estimate of drug-likeness (QED) is 0.744. The molecule has 2 atom stereocenters. The Kier molecular flexibility index (Phi) is 6.36. The second-order valence-electron chi connectivity index (χ2n) is 7.24. The second kappa shape index (κ2) is 8.61. The third-order valence-corrected chi connectivity index (χ3v) is 5.53. The molecular weight excluding hydrogens is 411 g/mol. The molecular formula is C19H21ClF3N3O3. The maximum absolute atomic E-state index is 12.7. The van der Waals surface area contributed by atoms with Crippen LogP contribution in [-0.4, -0.2) is 65.9 Å². The second-order valence-corrected chi connectivity index (χ2v) is 7.68. The van der Waals surface area contributed by atoms with Crippen LogP contribution in [0.2, 0.25) is 5.02 Å². The molecule has 2 heterocycles. The molecule has 0 aliphatic carbocycles. The van der Waals surface area contributed by atoms with E-state index in [1.54, 1.807) is 29.2 Å². The largest absolute Gasteiger partial charge is 0.408 e. The van der Waals surface area contributed by atoms with Crippen molar-refractivity contribution in [2.75, 3.05) is 26.2 Å². The van der Waals surface area contributed by atoms with Crippen LogP contribution in [0.3, 0.4) is 0 Å². The third-order valence-electron chi connectivity index (χ3n) is 5.28. The lowest BCUT2D eigenvalue weighted by Crippen LogP contribution is -2.57. The van der Waals surface area contributed by atoms with Crippen molar-refractivity contribution in [1.29, 1.82) is 0 Å². The Hall–Kier alpha value is -2.29. The zero-order valence-electron chi connectivity index (χ0n) is 15.5. The standard InChI is InChI=1S/C19H21ClF3N3O3/c20-13-3-1-12(2-4-13)11-16(27)25-7-9-26(10-8-25)18(29)14-5-6-15(19(21,22)23)24-17(14)28/h1-4,14-15H,5-11H2,(H,24,28). The van der Waals surface area contributed by atoms with E-state index >= 15 is 0 Å². The number of alkyl halides is 3. The van der Waals surface area contributed by atoms with Gasteiger partial charge in [-0.25, -0.2) is 0 Å². The van der Waals surface area contributed by atoms with Crippen molar-refractivity contribution in [1.82, 2.24) is 15.1 Å². The molecule has 2 fully saturated rings. The molecule has 29 heavy (non-hydrogen) atoms. The van der Waals surface area contributed by atoms with Crippen LogP contribution < -0.4 is 5.32 Å². The number of benzene rings is 1. The van der Waals surface area contributed by atoms with Gasteiger partial charge in [0, 0.05) is 31.2 Å². The van der Waals surface area contributed by atoms with Gasteiger partial charge in [-0.3, -0.25) is 14.4 Å². The Bertz CT molecular complexity index is 777. The Morgan fingerprint density at radius 3 is 2.17 bits per heavy atom. The van der Waals surface area contributed by atoms with Gasteiger partial charge in [-0.2, -0.15) is 13.2 Å². The molecule has 0 saturated carbocycles. The van der Waals surface area contributed by atoms with E-state index in [0.717, 1.165) is 5.56 Å². The average Bonchev–Trinajstić information content (AvgIpc) is 2.68. The Morgan fingerprint density at radius 1 is 1.03 bits per heavy atom. The highest BCUT2D eigenvalue weighted by molar-refractivity contribution is 6.30. The van der Waals surface area contributed by atoms with Gasteiger partial charge in [0.25, 0.3) is 0 Å². The molecule has 0 radical (unpaired) electrons. The molecule has 2 aliphatic heterocycles. The van der Waals surface area contributed by atoms with E-state index in [1.807, 2.05) is 5.32 Å². The first-order valence-corrected chi connectivity index (χ1v) is 9.71. The molecule has 0 bridgehead atoms. The highest BCUT2D eigenvalue weighted by Crippen LogP contribution is 2.29. The van der Waals surface area contributed by atoms with E-state index in [2.05, 4.69) is 0 Å². The van der Waals surface area contributed by atoms with Gasteiger partial charge >= 0.3 is 6.18 Å². The summed E-state index contributed by atoms with van der Waals surface area (Å²) in [5.41, 5.74) is 0.830. The van der Waals surface area contributed by atoms with Crippen molar-refractivity contribution in [2.45, 2.75) is 31.5 Å². The minimum Gasteiger partial charge on any atom is -0.344 e. The first-order valence-electron chi connectivity index (χ1n) is 9.33. The van der Waals surface area contributed by atoms with Crippen LogP contribution in [0.25, 0.3) is 0 Å². The molecule has 2 saturated heterocycles. The first-order chi connectivity index (χ1) is 13.6. The van der Waals surface area contributed by atoms with Crippen molar-refractivity contribution in [3.05, 3.63) is 34.9 Å². The van der Waals surface area contributed by atoms with Crippen LogP contribution in [0.1, 0.15) is 18.4 Å². The van der Waals surface area contributed by atoms with E-state index in [1.165, 1.54) is 4.90 Å². The summed E-state index contributed by atoms with van der Waals surface area (Å²) in [7, 11) is 0. The topological polar surface area (TPSA) is 69.7 Å². The molecule has 2 unspecified atom stereocenters. The maximum Gasteiger partial charge on any atom is 0.408 e. The smallest absolute Gasteiger partial charge is 0.344 e. The number of hydrogen-bond donors (Lipinski definition) is 1. The number of halogens is 4. The lowest BCUT2D eigenvalue weighted by Gasteiger charge is -2.38. The van der Waals surface area contributed by atoms with Crippen molar-refractivity contribution in [3.63, 3.8) is 0 Å². The van der Waals surface area contributed by atoms with Gasteiger partial charge in [0.15, 0.2) is 0 Å². The van der Waals surface area contributed by atoms with Crippen LogP contribution in [0.15, 0.2) is 24.3 Å². The van der Waals surface area contributed by atoms with Gasteiger partial charge < -0.3 is 15.1 Å². The normalized spacial score (nSPS) is 23.0. The molecule has 0 spiro atoms. The fourth-order valence-corrected chi connectivity index (χ4v) is 3.70. The zero-order chi connectivity index (χ0) is 21.2. The maximum atomic E-state index is 12.7. The molecule has 2 aliphatic rings. The van der Waals surface area contributed by atoms with Crippen molar-refractivity contribution in [2.24, 2.45) is 5.92 Å². The Balaban J connectivity index is 1.50. The summed E-state index contributed by atoms with van der Waals surface area (Å²) < 4.78 is 38.2. The number of nitrogens with zero attached hydrogens (tertiary/aromatic N) is 2. The van der Waals surface area contributed by atoms with Crippen molar-refractivity contribution < 1.29 is 27.6 Å². The molecule has 10 heteroatoms. The zero-order valence-corrected chi connectivity index (χ0v) is 16.3. The number of rotatable bonds is 3. The monoisotopic (exact) mass is 431 g/mol. The van der Waals surface area contributed by atoms with Gasteiger partial charge in [-0.15, -0.1) is 0 Å². The van der Waals surface area contributed by atoms with Crippen molar-refractivity contribution in [3.8, 4) is 0 Å². The summed E-state index contributed by atoms with van der Waals surface area (Å²) >= 11 is 5.83. The SMILES string of the molecule is O=C1NC(C(F)(F)F)CCC1C(=O)N1CCN(C(=O)Cc2ccc(Cl)cc2)CC1. The lowest BCUT2D eigenvalue weighted by atomic mass is 9.92. The minimum absolute atomic E-state index is 0.0807. The highest BCUT2D eigenvalue weighted by atomic mass is 35.5. The molecule has 158 valence electrons. The molecule has 3 rings (SSSR count). The number of piperazine rings is 1. The summed E-state index contributed by atoms with van der Waals surface area (Å²) in [5.74, 6) is -2.55. The van der Waals surface area contributed by atoms with E-state index in [4.69, 9.17) is 11.6 Å². The Labute approximate surface area is 171 Å². The molecule has 0 aromatic heterocycles. The third kappa shape index (κ3) is 5.20. The van der Waals surface area contributed by atoms with E-state index in [0.29, 0.717) is 18.1 Å². The number of hydrogen-bond acceptors (Lipinski definition) is 3. The first kappa shape index (κ1) is 21.4. The summed E-state index contributed by atoms with van der Waals surface area (Å²) in [6.07, 6.45) is -4.75. The van der Waals surface area contributed by atoms with Crippen LogP contribution in [0, 0.1) is 5.92 Å². The molecule has 1 aromatic rings. The Morgan fingerprint density at radius 2 is 1.62 bits per heavy atom. The van der Waals surface area contributed by atoms with E-state index in [9.17, 15) is 27.6 Å². The number of nitrogens with one attached hydrogen (secondary N) is 1. The number of piperidine rings is 1. The number of amides is 3. The van der Waals surface area contributed by atoms with Crippen LogP contribution >= 0.6 is 11.6 Å². The molecule has 6 nitrogen and oxygen atoms in total. The number of carbonyl (C=O) groups excluding carboxylic acids is 3. The summed E-state index contributed by atoms with van der Waals surface area (Å²) in [6.45, 7) is 1.13. The predicted octanol–water partition coefficient (Wildman–Crippen LogP) is 2.01. The molecule has 1 aromatic carbocycles. The fraction of sp³-hybridized carbons (Fsp3) is 0.526. The highest BCUT2D eigenvalue weighted by Gasteiger charge is 2.46. The predicted molar refractivity (Wildman–Crippen MR) is 99.0 cm³/mol. The average molecular weight is 432 g/mol. The van der Waals surface area contributed by atoms with Crippen molar-refractivity contribution >= 4 is 29.3 Å². The summed E-state index contributed by atoms with van der Waals surface area (Å²) in [6, 6.07) is 5.06. The van der Waals surface area contributed by atoms with Crippen LogP contribution in [0.5, 0.6) is 0 Å². The lowest BCUT2D eigenvalue weighted by molar-refractivity contribution is -0.172. The van der Waals surface area contributed by atoms with Gasteiger partial charge in [0.2, 0.25) is 17.7 Å². The van der Waals surface area contributed by atoms with Gasteiger partial charge in [-0.1, -0.05) is 23.7 Å². The van der Waals surface area contributed by atoms with Crippen LogP contribution in [-0.2, 0) is 20.8 Å². The van der Waals surface area contributed by atoms with Gasteiger partial charge in [0.05, 0.1) is 6.42 Å². The summed E-state index contributed by atoms with van der Waals surface area (Å²) in [4.78, 5) is 40.1. The van der Waals surface area contributed by atoms with E-state index in [-0.39, 0.29) is 38.3 Å². The van der Waals surface area contributed by atoms with Gasteiger partial charge in [-0.05, 0) is 30.5 Å². The van der Waals surface area contributed by atoms with Crippen LogP contribution in [0.4, 0.5) is 13.2 Å². The minimum atomic E-state index is -4.51. The van der Waals surface area contributed by atoms with Gasteiger partial charge in [0.1, 0.15) is 12.0 Å². The van der Waals surface area contributed by atoms with E-state index < -0.39 is 30.0 Å². The molecule has 1 N–H and O–H groups in total. The number of carbonyl (C=O) groups is 3. The molecule has 3 amide bonds. The fourth-order valence-electron chi connectivity index (χ4n) is 3.58. The summed E-state index contributed by atoms with van der Waals surface area (Å²) in [5, 5.41) is 2.48.